The number of ether oxygens (including phenoxy) is 1. The number of anilines is 1. The van der Waals surface area contributed by atoms with Crippen LogP contribution in [0.5, 0.6) is 0 Å². The molecule has 2 N–H and O–H groups in total. The van der Waals surface area contributed by atoms with Crippen LogP contribution in [0.1, 0.15) is 19.8 Å². The Kier molecular flexibility index (Phi) is 6.26. The number of hydrogen-bond donors (Lipinski definition) is 1. The second-order valence-electron chi connectivity index (χ2n) is 3.50. The molecular formula is C12H18FNOS. The lowest BCUT2D eigenvalue weighted by Gasteiger charge is -2.06. The van der Waals surface area contributed by atoms with Gasteiger partial charge in [0, 0.05) is 22.9 Å². The van der Waals surface area contributed by atoms with Crippen molar-refractivity contribution in [2.75, 3.05) is 24.7 Å². The van der Waals surface area contributed by atoms with Crippen molar-refractivity contribution in [3.63, 3.8) is 0 Å². The summed E-state index contributed by atoms with van der Waals surface area (Å²) >= 11 is 1.53. The van der Waals surface area contributed by atoms with Crippen LogP contribution < -0.4 is 5.73 Å². The van der Waals surface area contributed by atoms with Crippen LogP contribution in [-0.4, -0.2) is 19.0 Å². The van der Waals surface area contributed by atoms with E-state index in [2.05, 4.69) is 6.92 Å². The van der Waals surface area contributed by atoms with Gasteiger partial charge in [-0.15, -0.1) is 11.8 Å². The Morgan fingerprint density at radius 3 is 2.94 bits per heavy atom. The van der Waals surface area contributed by atoms with Crippen LogP contribution in [0.15, 0.2) is 23.1 Å². The zero-order valence-corrected chi connectivity index (χ0v) is 10.4. The molecule has 0 unspecified atom stereocenters. The van der Waals surface area contributed by atoms with Gasteiger partial charge in [-0.2, -0.15) is 0 Å². The maximum atomic E-state index is 12.9. The molecule has 0 aliphatic carbocycles. The van der Waals surface area contributed by atoms with Gasteiger partial charge in [-0.25, -0.2) is 4.39 Å². The van der Waals surface area contributed by atoms with Crippen molar-refractivity contribution in [3.8, 4) is 0 Å². The Morgan fingerprint density at radius 1 is 1.38 bits per heavy atom. The first-order chi connectivity index (χ1) is 7.74. The van der Waals surface area contributed by atoms with Crippen molar-refractivity contribution in [1.82, 2.24) is 0 Å². The minimum Gasteiger partial charge on any atom is -0.398 e. The predicted molar refractivity (Wildman–Crippen MR) is 67.3 cm³/mol. The SMILES string of the molecule is CCCCOCCSc1cc(F)ccc1N. The molecule has 0 atom stereocenters. The molecule has 0 amide bonds. The van der Waals surface area contributed by atoms with Gasteiger partial charge in [0.25, 0.3) is 0 Å². The van der Waals surface area contributed by atoms with Gasteiger partial charge in [-0.3, -0.25) is 0 Å². The highest BCUT2D eigenvalue weighted by Crippen LogP contribution is 2.25. The third kappa shape index (κ3) is 4.86. The summed E-state index contributed by atoms with van der Waals surface area (Å²) in [5, 5.41) is 0. The van der Waals surface area contributed by atoms with Gasteiger partial charge in [0.05, 0.1) is 6.61 Å². The fraction of sp³-hybridized carbons (Fsp3) is 0.500. The molecule has 90 valence electrons. The fourth-order valence-corrected chi connectivity index (χ4v) is 2.04. The Morgan fingerprint density at radius 2 is 2.19 bits per heavy atom. The van der Waals surface area contributed by atoms with Gasteiger partial charge in [-0.05, 0) is 24.6 Å². The normalized spacial score (nSPS) is 10.6. The van der Waals surface area contributed by atoms with Crippen molar-refractivity contribution in [1.29, 1.82) is 0 Å². The number of hydrogen-bond acceptors (Lipinski definition) is 3. The highest BCUT2D eigenvalue weighted by atomic mass is 32.2. The van der Waals surface area contributed by atoms with E-state index in [0.29, 0.717) is 12.3 Å². The standard InChI is InChI=1S/C12H18FNOS/c1-2-3-6-15-7-8-16-12-9-10(13)4-5-11(12)14/h4-5,9H,2-3,6-8,14H2,1H3. The molecule has 16 heavy (non-hydrogen) atoms. The average molecular weight is 243 g/mol. The number of halogens is 1. The average Bonchev–Trinajstić information content (AvgIpc) is 2.28. The fourth-order valence-electron chi connectivity index (χ4n) is 1.19. The Bertz CT molecular complexity index is 320. The lowest BCUT2D eigenvalue weighted by atomic mass is 10.3. The molecule has 2 nitrogen and oxygen atoms in total. The van der Waals surface area contributed by atoms with Gasteiger partial charge >= 0.3 is 0 Å². The first-order valence-corrected chi connectivity index (χ1v) is 6.48. The van der Waals surface area contributed by atoms with Gasteiger partial charge in [0.2, 0.25) is 0 Å². The van der Waals surface area contributed by atoms with E-state index in [1.807, 2.05) is 0 Å². The van der Waals surface area contributed by atoms with Gasteiger partial charge in [-0.1, -0.05) is 13.3 Å². The Labute approximate surface area is 100 Å². The van der Waals surface area contributed by atoms with E-state index in [-0.39, 0.29) is 5.82 Å². The number of rotatable bonds is 7. The highest BCUT2D eigenvalue weighted by Gasteiger charge is 2.01. The molecule has 0 saturated carbocycles. The largest absolute Gasteiger partial charge is 0.398 e. The van der Waals surface area contributed by atoms with Gasteiger partial charge in [0.1, 0.15) is 5.82 Å². The first kappa shape index (κ1) is 13.3. The highest BCUT2D eigenvalue weighted by molar-refractivity contribution is 7.99. The lowest BCUT2D eigenvalue weighted by molar-refractivity contribution is 0.147. The molecular weight excluding hydrogens is 225 g/mol. The molecule has 0 saturated heterocycles. The molecule has 0 bridgehead atoms. The smallest absolute Gasteiger partial charge is 0.124 e. The number of unbranched alkanes of at least 4 members (excludes halogenated alkanes) is 1. The Balaban J connectivity index is 2.23. The van der Waals surface area contributed by atoms with E-state index < -0.39 is 0 Å². The summed E-state index contributed by atoms with van der Waals surface area (Å²) in [6.45, 7) is 3.61. The van der Waals surface area contributed by atoms with E-state index in [1.54, 1.807) is 6.07 Å². The zero-order valence-electron chi connectivity index (χ0n) is 9.54. The predicted octanol–water partition coefficient (Wildman–Crippen LogP) is 3.32. The maximum Gasteiger partial charge on any atom is 0.124 e. The minimum atomic E-state index is -0.247. The van der Waals surface area contributed by atoms with Crippen molar-refractivity contribution in [3.05, 3.63) is 24.0 Å². The number of benzene rings is 1. The molecule has 0 radical (unpaired) electrons. The molecule has 1 rings (SSSR count). The van der Waals surface area contributed by atoms with Crippen molar-refractivity contribution in [2.45, 2.75) is 24.7 Å². The number of nitrogens with two attached hydrogens (primary N) is 1. The van der Waals surface area contributed by atoms with E-state index in [0.717, 1.165) is 30.1 Å². The molecule has 0 heterocycles. The summed E-state index contributed by atoms with van der Waals surface area (Å²) in [5.41, 5.74) is 6.35. The quantitative estimate of drug-likeness (QED) is 0.453. The molecule has 0 fully saturated rings. The lowest BCUT2D eigenvalue weighted by Crippen LogP contribution is -1.99. The van der Waals surface area contributed by atoms with Crippen LogP contribution in [0.4, 0.5) is 10.1 Å². The molecule has 0 aromatic heterocycles. The van der Waals surface area contributed by atoms with E-state index in [9.17, 15) is 4.39 Å². The molecule has 4 heteroatoms. The molecule has 0 spiro atoms. The van der Waals surface area contributed by atoms with Crippen molar-refractivity contribution in [2.24, 2.45) is 0 Å². The molecule has 1 aromatic carbocycles. The maximum absolute atomic E-state index is 12.9. The number of thioether (sulfide) groups is 1. The van der Waals surface area contributed by atoms with Crippen LogP contribution in [0, 0.1) is 5.82 Å². The summed E-state index contributed by atoms with van der Waals surface area (Å²) in [6, 6.07) is 4.43. The van der Waals surface area contributed by atoms with Gasteiger partial charge in [0.15, 0.2) is 0 Å². The van der Waals surface area contributed by atoms with E-state index in [4.69, 9.17) is 10.5 Å². The molecule has 1 aromatic rings. The number of nitrogen functional groups attached to an aromatic ring is 1. The monoisotopic (exact) mass is 243 g/mol. The van der Waals surface area contributed by atoms with Crippen LogP contribution in [0.25, 0.3) is 0 Å². The first-order valence-electron chi connectivity index (χ1n) is 5.49. The summed E-state index contributed by atoms with van der Waals surface area (Å²) in [5.74, 6) is 0.556. The van der Waals surface area contributed by atoms with Crippen molar-refractivity contribution < 1.29 is 9.13 Å². The van der Waals surface area contributed by atoms with Crippen LogP contribution in [-0.2, 0) is 4.74 Å². The van der Waals surface area contributed by atoms with Crippen molar-refractivity contribution >= 4 is 17.4 Å². The van der Waals surface area contributed by atoms with Gasteiger partial charge < -0.3 is 10.5 Å². The molecule has 0 aliphatic heterocycles. The Hall–Kier alpha value is -0.740. The molecule has 0 aliphatic rings. The summed E-state index contributed by atoms with van der Waals surface area (Å²) in [6.07, 6.45) is 2.23. The summed E-state index contributed by atoms with van der Waals surface area (Å²) < 4.78 is 18.3. The second kappa shape index (κ2) is 7.52. The summed E-state index contributed by atoms with van der Waals surface area (Å²) in [7, 11) is 0. The van der Waals surface area contributed by atoms with Crippen LogP contribution in [0.2, 0.25) is 0 Å². The van der Waals surface area contributed by atoms with Crippen LogP contribution >= 0.6 is 11.8 Å². The zero-order chi connectivity index (χ0) is 11.8. The second-order valence-corrected chi connectivity index (χ2v) is 4.63. The third-order valence-electron chi connectivity index (χ3n) is 2.10. The minimum absolute atomic E-state index is 0.247. The van der Waals surface area contributed by atoms with E-state index >= 15 is 0 Å². The third-order valence-corrected chi connectivity index (χ3v) is 3.14. The van der Waals surface area contributed by atoms with E-state index in [1.165, 1.54) is 23.9 Å². The summed E-state index contributed by atoms with van der Waals surface area (Å²) in [4.78, 5) is 0.791. The van der Waals surface area contributed by atoms with Crippen LogP contribution in [0.3, 0.4) is 0 Å². The topological polar surface area (TPSA) is 35.2 Å².